The predicted octanol–water partition coefficient (Wildman–Crippen LogP) is 4.08. The fourth-order valence-electron chi connectivity index (χ4n) is 2.10. The van der Waals surface area contributed by atoms with E-state index in [4.69, 9.17) is 0 Å². The predicted molar refractivity (Wildman–Crippen MR) is 96.7 cm³/mol. The standard InChI is InChI=1S/C18H20N2O2S/c1-13(15-7-4-3-5-8-15)23-12-18(22)20-17-10-6-9-16(11-17)19-14(2)21/h3-11,13H,12H2,1-2H3,(H,19,21)(H,20,22)/t13-/m0/s1. The molecule has 23 heavy (non-hydrogen) atoms. The van der Waals surface area contributed by atoms with Gasteiger partial charge in [-0.2, -0.15) is 0 Å². The summed E-state index contributed by atoms with van der Waals surface area (Å²) in [7, 11) is 0. The molecule has 2 rings (SSSR count). The van der Waals surface area contributed by atoms with Crippen molar-refractivity contribution in [3.8, 4) is 0 Å². The average Bonchev–Trinajstić information content (AvgIpc) is 2.53. The quantitative estimate of drug-likeness (QED) is 0.840. The van der Waals surface area contributed by atoms with E-state index in [-0.39, 0.29) is 17.1 Å². The molecule has 120 valence electrons. The van der Waals surface area contributed by atoms with Crippen LogP contribution < -0.4 is 10.6 Å². The van der Waals surface area contributed by atoms with Crippen LogP contribution in [0.25, 0.3) is 0 Å². The summed E-state index contributed by atoms with van der Waals surface area (Å²) in [6.07, 6.45) is 0. The lowest BCUT2D eigenvalue weighted by atomic mass is 10.2. The summed E-state index contributed by atoms with van der Waals surface area (Å²) in [5, 5.41) is 5.80. The van der Waals surface area contributed by atoms with Gasteiger partial charge < -0.3 is 10.6 Å². The van der Waals surface area contributed by atoms with Crippen LogP contribution >= 0.6 is 11.8 Å². The molecule has 2 aromatic rings. The molecule has 0 aliphatic heterocycles. The first kappa shape index (κ1) is 17.1. The molecule has 0 bridgehead atoms. The molecule has 2 N–H and O–H groups in total. The third-order valence-corrected chi connectivity index (χ3v) is 4.40. The summed E-state index contributed by atoms with van der Waals surface area (Å²) < 4.78 is 0. The zero-order valence-electron chi connectivity index (χ0n) is 13.2. The van der Waals surface area contributed by atoms with E-state index in [1.165, 1.54) is 12.5 Å². The monoisotopic (exact) mass is 328 g/mol. The number of rotatable bonds is 6. The van der Waals surface area contributed by atoms with Crippen LogP contribution in [0.4, 0.5) is 11.4 Å². The number of hydrogen-bond acceptors (Lipinski definition) is 3. The summed E-state index contributed by atoms with van der Waals surface area (Å²) >= 11 is 1.59. The van der Waals surface area contributed by atoms with Crippen LogP contribution in [-0.2, 0) is 9.59 Å². The second kappa shape index (κ2) is 8.39. The number of nitrogens with one attached hydrogen (secondary N) is 2. The summed E-state index contributed by atoms with van der Waals surface area (Å²) in [5.74, 6) is 0.180. The second-order valence-corrected chi connectivity index (χ2v) is 6.50. The average molecular weight is 328 g/mol. The van der Waals surface area contributed by atoms with Crippen LogP contribution in [0.5, 0.6) is 0 Å². The Morgan fingerprint density at radius 1 is 1.00 bits per heavy atom. The Morgan fingerprint density at radius 3 is 2.30 bits per heavy atom. The van der Waals surface area contributed by atoms with Crippen LogP contribution in [0.15, 0.2) is 54.6 Å². The molecule has 0 aliphatic rings. The van der Waals surface area contributed by atoms with Gasteiger partial charge in [0.15, 0.2) is 0 Å². The maximum absolute atomic E-state index is 12.1. The van der Waals surface area contributed by atoms with E-state index in [0.717, 1.165) is 0 Å². The Balaban J connectivity index is 1.86. The van der Waals surface area contributed by atoms with E-state index in [2.05, 4.69) is 29.7 Å². The van der Waals surface area contributed by atoms with Gasteiger partial charge in [-0.15, -0.1) is 11.8 Å². The third-order valence-electron chi connectivity index (χ3n) is 3.20. The lowest BCUT2D eigenvalue weighted by Gasteiger charge is -2.12. The minimum Gasteiger partial charge on any atom is -0.326 e. The topological polar surface area (TPSA) is 58.2 Å². The molecule has 0 aliphatic carbocycles. The molecule has 5 heteroatoms. The van der Waals surface area contributed by atoms with Gasteiger partial charge in [-0.3, -0.25) is 9.59 Å². The van der Waals surface area contributed by atoms with Crippen molar-refractivity contribution >= 4 is 35.0 Å². The highest BCUT2D eigenvalue weighted by Gasteiger charge is 2.09. The highest BCUT2D eigenvalue weighted by atomic mass is 32.2. The smallest absolute Gasteiger partial charge is 0.234 e. The lowest BCUT2D eigenvalue weighted by Crippen LogP contribution is -2.15. The minimum absolute atomic E-state index is 0.0576. The van der Waals surface area contributed by atoms with Gasteiger partial charge >= 0.3 is 0 Å². The number of benzene rings is 2. The summed E-state index contributed by atoms with van der Waals surface area (Å²) in [4.78, 5) is 23.1. The molecule has 0 spiro atoms. The molecule has 1 atom stereocenters. The first-order valence-electron chi connectivity index (χ1n) is 7.38. The van der Waals surface area contributed by atoms with Gasteiger partial charge in [-0.05, 0) is 30.7 Å². The Bertz CT molecular complexity index is 674. The molecule has 0 saturated heterocycles. The maximum Gasteiger partial charge on any atom is 0.234 e. The number of thioether (sulfide) groups is 1. The van der Waals surface area contributed by atoms with Crippen LogP contribution in [0, 0.1) is 0 Å². The van der Waals surface area contributed by atoms with Crippen molar-refractivity contribution in [2.75, 3.05) is 16.4 Å². The zero-order chi connectivity index (χ0) is 16.7. The van der Waals surface area contributed by atoms with Crippen molar-refractivity contribution in [2.24, 2.45) is 0 Å². The van der Waals surface area contributed by atoms with E-state index in [0.29, 0.717) is 17.1 Å². The highest BCUT2D eigenvalue weighted by Crippen LogP contribution is 2.27. The normalized spacial score (nSPS) is 11.6. The van der Waals surface area contributed by atoms with Crippen molar-refractivity contribution in [3.05, 3.63) is 60.2 Å². The Labute approximate surface area is 140 Å². The molecule has 2 aromatic carbocycles. The molecule has 0 aromatic heterocycles. The van der Waals surface area contributed by atoms with Crippen molar-refractivity contribution < 1.29 is 9.59 Å². The van der Waals surface area contributed by atoms with E-state index in [9.17, 15) is 9.59 Å². The number of hydrogen-bond donors (Lipinski definition) is 2. The summed E-state index contributed by atoms with van der Waals surface area (Å²) in [5.41, 5.74) is 2.55. The van der Waals surface area contributed by atoms with E-state index in [1.807, 2.05) is 18.2 Å². The molecule has 0 heterocycles. The molecular formula is C18H20N2O2S. The van der Waals surface area contributed by atoms with Crippen LogP contribution in [0.2, 0.25) is 0 Å². The Hall–Kier alpha value is -2.27. The van der Waals surface area contributed by atoms with Crippen LogP contribution in [0.1, 0.15) is 24.7 Å². The molecule has 0 unspecified atom stereocenters. The molecule has 0 radical (unpaired) electrons. The first-order valence-corrected chi connectivity index (χ1v) is 8.43. The van der Waals surface area contributed by atoms with Gasteiger partial charge in [0.2, 0.25) is 11.8 Å². The Kier molecular flexibility index (Phi) is 6.23. The summed E-state index contributed by atoms with van der Waals surface area (Å²) in [6.45, 7) is 3.54. The summed E-state index contributed by atoms with van der Waals surface area (Å²) in [6, 6.07) is 17.2. The molecule has 2 amide bonds. The number of anilines is 2. The Morgan fingerprint density at radius 2 is 1.65 bits per heavy atom. The zero-order valence-corrected chi connectivity index (χ0v) is 14.0. The van der Waals surface area contributed by atoms with Crippen molar-refractivity contribution in [1.82, 2.24) is 0 Å². The number of amides is 2. The van der Waals surface area contributed by atoms with E-state index < -0.39 is 0 Å². The van der Waals surface area contributed by atoms with Crippen molar-refractivity contribution in [1.29, 1.82) is 0 Å². The van der Waals surface area contributed by atoms with Crippen molar-refractivity contribution in [3.63, 3.8) is 0 Å². The van der Waals surface area contributed by atoms with Gasteiger partial charge in [0.05, 0.1) is 5.75 Å². The second-order valence-electron chi connectivity index (χ2n) is 5.17. The van der Waals surface area contributed by atoms with Gasteiger partial charge in [0.25, 0.3) is 0 Å². The van der Waals surface area contributed by atoms with Gasteiger partial charge in [-0.25, -0.2) is 0 Å². The SMILES string of the molecule is CC(=O)Nc1cccc(NC(=O)CS[C@@H](C)c2ccccc2)c1. The van der Waals surface area contributed by atoms with Crippen LogP contribution in [0.3, 0.4) is 0 Å². The van der Waals surface area contributed by atoms with Gasteiger partial charge in [0, 0.05) is 23.5 Å². The fraction of sp³-hybridized carbons (Fsp3) is 0.222. The van der Waals surface area contributed by atoms with Crippen molar-refractivity contribution in [2.45, 2.75) is 19.1 Å². The van der Waals surface area contributed by atoms with Gasteiger partial charge in [0.1, 0.15) is 0 Å². The fourth-order valence-corrected chi connectivity index (χ4v) is 2.92. The third kappa shape index (κ3) is 5.79. The molecular weight excluding hydrogens is 308 g/mol. The van der Waals surface area contributed by atoms with E-state index >= 15 is 0 Å². The van der Waals surface area contributed by atoms with Crippen LogP contribution in [-0.4, -0.2) is 17.6 Å². The number of carbonyl (C=O) groups is 2. The molecule has 0 saturated carbocycles. The number of carbonyl (C=O) groups excluding carboxylic acids is 2. The highest BCUT2D eigenvalue weighted by molar-refractivity contribution is 8.00. The van der Waals surface area contributed by atoms with Gasteiger partial charge in [-0.1, -0.05) is 36.4 Å². The first-order chi connectivity index (χ1) is 11.0. The van der Waals surface area contributed by atoms with E-state index in [1.54, 1.807) is 36.0 Å². The lowest BCUT2D eigenvalue weighted by molar-refractivity contribution is -0.114. The molecule has 0 fully saturated rings. The maximum atomic E-state index is 12.1. The largest absolute Gasteiger partial charge is 0.326 e. The minimum atomic E-state index is -0.138. The molecule has 4 nitrogen and oxygen atoms in total.